The monoisotopic (exact) mass is 460 g/mol. The number of rotatable bonds is 4. The lowest BCUT2D eigenvalue weighted by molar-refractivity contribution is 0.0114. The zero-order chi connectivity index (χ0) is 23.8. The van der Waals surface area contributed by atoms with Crippen molar-refractivity contribution >= 4 is 17.4 Å². The highest BCUT2D eigenvalue weighted by molar-refractivity contribution is 5.97. The number of aromatic nitrogens is 1. The lowest BCUT2D eigenvalue weighted by Gasteiger charge is -2.36. The molecule has 1 fully saturated rings. The Labute approximate surface area is 198 Å². The average molecular weight is 461 g/mol. The van der Waals surface area contributed by atoms with E-state index in [1.165, 1.54) is 6.07 Å². The van der Waals surface area contributed by atoms with Gasteiger partial charge in [0.1, 0.15) is 11.6 Å². The van der Waals surface area contributed by atoms with Gasteiger partial charge < -0.3 is 20.7 Å². The van der Waals surface area contributed by atoms with Crippen molar-refractivity contribution in [1.82, 2.24) is 10.3 Å². The lowest BCUT2D eigenvalue weighted by Crippen LogP contribution is -2.44. The highest BCUT2D eigenvalue weighted by atomic mass is 19.1. The van der Waals surface area contributed by atoms with Gasteiger partial charge in [-0.3, -0.25) is 4.79 Å². The number of morpholine rings is 1. The van der Waals surface area contributed by atoms with Gasteiger partial charge in [0.05, 0.1) is 12.7 Å². The van der Waals surface area contributed by atoms with E-state index in [9.17, 15) is 4.79 Å². The molecule has 1 aromatic heterocycles. The molecule has 0 spiro atoms. The van der Waals surface area contributed by atoms with Crippen LogP contribution < -0.4 is 16.0 Å². The molecule has 0 radical (unpaired) electrons. The predicted octanol–water partition coefficient (Wildman–Crippen LogP) is 4.28. The average Bonchev–Trinajstić information content (AvgIpc) is 2.85. The van der Waals surface area contributed by atoms with E-state index in [4.69, 9.17) is 10.5 Å². The number of anilines is 2. The van der Waals surface area contributed by atoms with Crippen LogP contribution in [-0.2, 0) is 11.2 Å². The number of nitrogens with two attached hydrogens (primary N) is 1. The van der Waals surface area contributed by atoms with E-state index in [0.717, 1.165) is 42.1 Å². The minimum absolute atomic E-state index is 0.231. The van der Waals surface area contributed by atoms with Crippen LogP contribution in [0.5, 0.6) is 0 Å². The normalized spacial score (nSPS) is 18.1. The van der Waals surface area contributed by atoms with Gasteiger partial charge in [-0.05, 0) is 53.8 Å². The molecule has 1 saturated heterocycles. The molecule has 7 heteroatoms. The minimum Gasteiger partial charge on any atom is -0.383 e. The number of hydrogen-bond acceptors (Lipinski definition) is 5. The molecule has 2 aromatic carbocycles. The van der Waals surface area contributed by atoms with Crippen molar-refractivity contribution in [2.75, 3.05) is 36.9 Å². The fourth-order valence-corrected chi connectivity index (χ4v) is 4.68. The van der Waals surface area contributed by atoms with E-state index < -0.39 is 5.82 Å². The molecule has 2 aliphatic heterocycles. The Morgan fingerprint density at radius 1 is 1.12 bits per heavy atom. The second-order valence-corrected chi connectivity index (χ2v) is 9.30. The van der Waals surface area contributed by atoms with Gasteiger partial charge in [0.15, 0.2) is 0 Å². The molecular formula is C27H29FN4O2. The molecule has 0 aliphatic carbocycles. The van der Waals surface area contributed by atoms with Crippen molar-refractivity contribution in [1.29, 1.82) is 0 Å². The maximum Gasteiger partial charge on any atom is 0.251 e. The van der Waals surface area contributed by atoms with Crippen LogP contribution in [0.15, 0.2) is 48.7 Å². The van der Waals surface area contributed by atoms with Gasteiger partial charge in [0.2, 0.25) is 0 Å². The van der Waals surface area contributed by atoms with Crippen LogP contribution in [0.4, 0.5) is 15.9 Å². The summed E-state index contributed by atoms with van der Waals surface area (Å²) in [5.74, 6) is 0.00249. The Balaban J connectivity index is 1.44. The number of hydrogen-bond donors (Lipinski definition) is 2. The van der Waals surface area contributed by atoms with Crippen molar-refractivity contribution in [3.63, 3.8) is 0 Å². The predicted molar refractivity (Wildman–Crippen MR) is 132 cm³/mol. The van der Waals surface area contributed by atoms with Crippen molar-refractivity contribution in [3.05, 3.63) is 65.6 Å². The maximum absolute atomic E-state index is 15.0. The zero-order valence-electron chi connectivity index (χ0n) is 19.5. The smallest absolute Gasteiger partial charge is 0.251 e. The molecule has 3 heterocycles. The molecule has 34 heavy (non-hydrogen) atoms. The molecule has 5 rings (SSSR count). The fraction of sp³-hybridized carbons (Fsp3) is 0.333. The van der Waals surface area contributed by atoms with E-state index >= 15 is 4.39 Å². The van der Waals surface area contributed by atoms with E-state index in [-0.39, 0.29) is 17.8 Å². The van der Waals surface area contributed by atoms with Gasteiger partial charge in [-0.1, -0.05) is 26.0 Å². The van der Waals surface area contributed by atoms with Crippen LogP contribution in [0.2, 0.25) is 0 Å². The Kier molecular flexibility index (Phi) is 5.96. The summed E-state index contributed by atoms with van der Waals surface area (Å²) >= 11 is 0. The number of pyridine rings is 1. The molecule has 0 unspecified atom stereocenters. The number of fused-ring (bicyclic) bond motifs is 1. The highest BCUT2D eigenvalue weighted by Gasteiger charge is 2.24. The van der Waals surface area contributed by atoms with Gasteiger partial charge in [0.25, 0.3) is 5.91 Å². The van der Waals surface area contributed by atoms with Crippen molar-refractivity contribution in [3.8, 4) is 22.3 Å². The molecule has 0 bridgehead atoms. The first kappa shape index (κ1) is 22.3. The van der Waals surface area contributed by atoms with Gasteiger partial charge in [-0.25, -0.2) is 9.37 Å². The Morgan fingerprint density at radius 3 is 2.68 bits per heavy atom. The summed E-state index contributed by atoms with van der Waals surface area (Å²) in [6, 6.07) is 13.2. The number of amides is 1. The number of halogens is 1. The van der Waals surface area contributed by atoms with Crippen LogP contribution in [-0.4, -0.2) is 43.2 Å². The Morgan fingerprint density at radius 2 is 1.91 bits per heavy atom. The maximum atomic E-state index is 15.0. The molecule has 6 nitrogen and oxygen atoms in total. The van der Waals surface area contributed by atoms with Crippen molar-refractivity contribution in [2.24, 2.45) is 5.92 Å². The van der Waals surface area contributed by atoms with Crippen LogP contribution >= 0.6 is 0 Å². The van der Waals surface area contributed by atoms with E-state index in [0.29, 0.717) is 35.6 Å². The topological polar surface area (TPSA) is 80.5 Å². The standard InChI is InChI=1S/C27H29FN4O2/c1-16(2)25-15-32(9-10-34-25)20-5-3-17(4-6-20)19-12-23(26(29)31-14-19)22-11-18-7-8-30-27(33)21(18)13-24(22)28/h3-6,11-14,16,25H,7-10,15H2,1-2H3,(H2,29,31)(H,30,33)/t25-/m0/s1. The van der Waals surface area contributed by atoms with E-state index in [1.807, 2.05) is 6.07 Å². The summed E-state index contributed by atoms with van der Waals surface area (Å²) in [4.78, 5) is 18.8. The van der Waals surface area contributed by atoms with Gasteiger partial charge in [-0.2, -0.15) is 0 Å². The van der Waals surface area contributed by atoms with Crippen LogP contribution in [0.25, 0.3) is 22.3 Å². The van der Waals surface area contributed by atoms with Gasteiger partial charge in [0, 0.05) is 53.8 Å². The number of nitrogens with zero attached hydrogens (tertiary/aromatic N) is 2. The number of ether oxygens (including phenoxy) is 1. The first-order valence-electron chi connectivity index (χ1n) is 11.7. The molecule has 1 amide bonds. The van der Waals surface area contributed by atoms with E-state index in [2.05, 4.69) is 53.3 Å². The third-order valence-corrected chi connectivity index (χ3v) is 6.73. The highest BCUT2D eigenvalue weighted by Crippen LogP contribution is 2.34. The first-order chi connectivity index (χ1) is 16.4. The van der Waals surface area contributed by atoms with Crippen LogP contribution in [0.3, 0.4) is 0 Å². The summed E-state index contributed by atoms with van der Waals surface area (Å²) in [5, 5.41) is 2.75. The summed E-state index contributed by atoms with van der Waals surface area (Å²) in [6.45, 7) is 7.38. The number of carbonyl (C=O) groups excluding carboxylic acids is 1. The molecule has 0 saturated carbocycles. The lowest BCUT2D eigenvalue weighted by atomic mass is 9.93. The number of nitrogen functional groups attached to an aromatic ring is 1. The number of nitrogens with one attached hydrogen (secondary N) is 1. The summed E-state index contributed by atoms with van der Waals surface area (Å²) < 4.78 is 20.9. The van der Waals surface area contributed by atoms with Gasteiger partial charge >= 0.3 is 0 Å². The number of carbonyl (C=O) groups is 1. The molecule has 3 aromatic rings. The Hall–Kier alpha value is -3.45. The molecular weight excluding hydrogens is 431 g/mol. The van der Waals surface area contributed by atoms with Crippen LogP contribution in [0.1, 0.15) is 29.8 Å². The molecule has 2 aliphatic rings. The van der Waals surface area contributed by atoms with Gasteiger partial charge in [-0.15, -0.1) is 0 Å². The summed E-state index contributed by atoms with van der Waals surface area (Å²) in [5.41, 5.74) is 11.2. The first-order valence-corrected chi connectivity index (χ1v) is 11.7. The number of benzene rings is 2. The Bertz CT molecular complexity index is 1230. The molecule has 3 N–H and O–H groups in total. The molecule has 176 valence electrons. The second-order valence-electron chi connectivity index (χ2n) is 9.30. The summed E-state index contributed by atoms with van der Waals surface area (Å²) in [7, 11) is 0. The minimum atomic E-state index is -0.483. The second kappa shape index (κ2) is 9.06. The SMILES string of the molecule is CC(C)[C@@H]1CN(c2ccc(-c3cnc(N)c(-c4cc5c(cc4F)C(=O)NCC5)c3)cc2)CCO1. The third kappa shape index (κ3) is 4.23. The fourth-order valence-electron chi connectivity index (χ4n) is 4.68. The molecule has 1 atom stereocenters. The van der Waals surface area contributed by atoms with Crippen LogP contribution in [0, 0.1) is 11.7 Å². The quantitative estimate of drug-likeness (QED) is 0.607. The largest absolute Gasteiger partial charge is 0.383 e. The van der Waals surface area contributed by atoms with E-state index in [1.54, 1.807) is 12.3 Å². The zero-order valence-corrected chi connectivity index (χ0v) is 19.5. The van der Waals surface area contributed by atoms with Crippen molar-refractivity contribution < 1.29 is 13.9 Å². The third-order valence-electron chi connectivity index (χ3n) is 6.73. The summed E-state index contributed by atoms with van der Waals surface area (Å²) in [6.07, 6.45) is 2.60. The van der Waals surface area contributed by atoms with Crippen molar-refractivity contribution in [2.45, 2.75) is 26.4 Å².